The van der Waals surface area contributed by atoms with Crippen molar-refractivity contribution in [2.24, 2.45) is 0 Å². The van der Waals surface area contributed by atoms with Crippen LogP contribution in [0, 0.1) is 0 Å². The second kappa shape index (κ2) is 5.50. The molecule has 2 aromatic rings. The summed E-state index contributed by atoms with van der Waals surface area (Å²) in [6.07, 6.45) is 1.52. The van der Waals surface area contributed by atoms with E-state index in [9.17, 15) is 4.79 Å². The third-order valence-electron chi connectivity index (χ3n) is 3.27. The Bertz CT molecular complexity index is 516. The van der Waals surface area contributed by atoms with Gasteiger partial charge in [-0.15, -0.1) is 0 Å². The zero-order valence-electron chi connectivity index (χ0n) is 10.5. The first-order valence-corrected chi connectivity index (χ1v) is 7.15. The van der Waals surface area contributed by atoms with Crippen LogP contribution in [0.15, 0.2) is 23.2 Å². The summed E-state index contributed by atoms with van der Waals surface area (Å²) in [5, 5.41) is 10.5. The van der Waals surface area contributed by atoms with Crippen molar-refractivity contribution in [2.75, 3.05) is 26.2 Å². The second-order valence-electron chi connectivity index (χ2n) is 4.51. The summed E-state index contributed by atoms with van der Waals surface area (Å²) in [6, 6.07) is 1.88. The zero-order valence-corrected chi connectivity index (χ0v) is 11.3. The summed E-state index contributed by atoms with van der Waals surface area (Å²) in [5.41, 5.74) is 0.800. The lowest BCUT2D eigenvalue weighted by molar-refractivity contribution is 0.0626. The van der Waals surface area contributed by atoms with E-state index in [2.05, 4.69) is 20.1 Å². The highest BCUT2D eigenvalue weighted by Gasteiger charge is 2.22. The van der Waals surface area contributed by atoms with E-state index in [1.54, 1.807) is 11.3 Å². The summed E-state index contributed by atoms with van der Waals surface area (Å²) in [4.78, 5) is 20.5. The van der Waals surface area contributed by atoms with Crippen LogP contribution in [0.2, 0.25) is 0 Å². The van der Waals surface area contributed by atoms with Gasteiger partial charge in [-0.05, 0) is 11.4 Å². The minimum atomic E-state index is 0.139. The van der Waals surface area contributed by atoms with Crippen molar-refractivity contribution in [1.82, 2.24) is 25.0 Å². The van der Waals surface area contributed by atoms with E-state index in [-0.39, 0.29) is 5.91 Å². The molecule has 1 fully saturated rings. The van der Waals surface area contributed by atoms with Crippen molar-refractivity contribution < 1.29 is 4.79 Å². The monoisotopic (exact) mass is 277 g/mol. The maximum atomic E-state index is 12.2. The molecule has 0 spiro atoms. The fraction of sp³-hybridized carbons (Fsp3) is 0.417. The van der Waals surface area contributed by atoms with Gasteiger partial charge in [-0.2, -0.15) is 16.4 Å². The lowest BCUT2D eigenvalue weighted by Gasteiger charge is -2.34. The quantitative estimate of drug-likeness (QED) is 0.902. The molecule has 0 saturated carbocycles. The van der Waals surface area contributed by atoms with Crippen LogP contribution in [0.4, 0.5) is 0 Å². The number of nitrogens with one attached hydrogen (secondary N) is 1. The predicted octanol–water partition coefficient (Wildman–Crippen LogP) is 0.824. The summed E-state index contributed by atoms with van der Waals surface area (Å²) in [5.74, 6) is 1.01. The molecule has 3 rings (SSSR count). The van der Waals surface area contributed by atoms with E-state index < -0.39 is 0 Å². The molecule has 1 aliphatic heterocycles. The molecule has 0 radical (unpaired) electrons. The van der Waals surface area contributed by atoms with Crippen LogP contribution in [0.25, 0.3) is 0 Å². The largest absolute Gasteiger partial charge is 0.336 e. The minimum Gasteiger partial charge on any atom is -0.336 e. The summed E-state index contributed by atoms with van der Waals surface area (Å²) < 4.78 is 0. The van der Waals surface area contributed by atoms with E-state index in [0.717, 1.165) is 44.1 Å². The summed E-state index contributed by atoms with van der Waals surface area (Å²) in [6.45, 7) is 4.04. The Hall–Kier alpha value is -1.73. The van der Waals surface area contributed by atoms with Crippen molar-refractivity contribution >= 4 is 17.2 Å². The normalized spacial score (nSPS) is 16.7. The summed E-state index contributed by atoms with van der Waals surface area (Å²) >= 11 is 1.56. The highest BCUT2D eigenvalue weighted by atomic mass is 32.1. The first-order chi connectivity index (χ1) is 9.33. The highest BCUT2D eigenvalue weighted by Crippen LogP contribution is 2.12. The van der Waals surface area contributed by atoms with Crippen LogP contribution in [0.1, 0.15) is 16.2 Å². The predicted molar refractivity (Wildman–Crippen MR) is 71.9 cm³/mol. The Morgan fingerprint density at radius 1 is 1.37 bits per heavy atom. The third-order valence-corrected chi connectivity index (χ3v) is 3.95. The topological polar surface area (TPSA) is 65.1 Å². The minimum absolute atomic E-state index is 0.139. The molecule has 1 aliphatic rings. The Balaban J connectivity index is 1.53. The van der Waals surface area contributed by atoms with Crippen LogP contribution in [0.5, 0.6) is 0 Å². The molecule has 2 aromatic heterocycles. The Morgan fingerprint density at radius 3 is 2.84 bits per heavy atom. The van der Waals surface area contributed by atoms with Crippen molar-refractivity contribution in [3.8, 4) is 0 Å². The van der Waals surface area contributed by atoms with Crippen molar-refractivity contribution in [1.29, 1.82) is 0 Å². The van der Waals surface area contributed by atoms with Crippen LogP contribution in [-0.2, 0) is 6.54 Å². The van der Waals surface area contributed by atoms with Gasteiger partial charge in [0.25, 0.3) is 5.91 Å². The van der Waals surface area contributed by atoms with Crippen LogP contribution < -0.4 is 0 Å². The molecule has 6 nitrogen and oxygen atoms in total. The van der Waals surface area contributed by atoms with Gasteiger partial charge in [0, 0.05) is 31.6 Å². The van der Waals surface area contributed by atoms with Gasteiger partial charge < -0.3 is 4.90 Å². The average molecular weight is 277 g/mol. The Labute approximate surface area is 115 Å². The first kappa shape index (κ1) is 12.3. The van der Waals surface area contributed by atoms with E-state index in [4.69, 9.17) is 0 Å². The number of carbonyl (C=O) groups is 1. The van der Waals surface area contributed by atoms with Gasteiger partial charge in [0.15, 0.2) is 0 Å². The second-order valence-corrected chi connectivity index (χ2v) is 5.29. The lowest BCUT2D eigenvalue weighted by atomic mass is 10.2. The molecule has 0 bridgehead atoms. The number of hydrogen-bond donors (Lipinski definition) is 1. The van der Waals surface area contributed by atoms with Gasteiger partial charge in [0.1, 0.15) is 12.2 Å². The smallest absolute Gasteiger partial charge is 0.254 e. The Kier molecular flexibility index (Phi) is 3.56. The molecule has 1 saturated heterocycles. The molecule has 0 aliphatic carbocycles. The number of amides is 1. The van der Waals surface area contributed by atoms with E-state index >= 15 is 0 Å². The van der Waals surface area contributed by atoms with Crippen molar-refractivity contribution in [2.45, 2.75) is 6.54 Å². The number of aromatic amines is 1. The van der Waals surface area contributed by atoms with E-state index in [1.807, 2.05) is 21.7 Å². The highest BCUT2D eigenvalue weighted by molar-refractivity contribution is 7.08. The van der Waals surface area contributed by atoms with Gasteiger partial charge in [-0.1, -0.05) is 0 Å². The van der Waals surface area contributed by atoms with Crippen LogP contribution in [0.3, 0.4) is 0 Å². The number of hydrogen-bond acceptors (Lipinski definition) is 5. The fourth-order valence-corrected chi connectivity index (χ4v) is 2.83. The maximum absolute atomic E-state index is 12.2. The van der Waals surface area contributed by atoms with E-state index in [0.29, 0.717) is 0 Å². The molecule has 0 unspecified atom stereocenters. The number of aromatic nitrogens is 3. The van der Waals surface area contributed by atoms with Crippen LogP contribution >= 0.6 is 11.3 Å². The molecule has 19 heavy (non-hydrogen) atoms. The van der Waals surface area contributed by atoms with Crippen LogP contribution in [-0.4, -0.2) is 57.1 Å². The standard InChI is InChI=1S/C12H15N5OS/c18-12(10-1-6-19-8-10)17-4-2-16(3-5-17)7-11-13-9-14-15-11/h1,6,8-9H,2-5,7H2,(H,13,14,15). The molecule has 0 aromatic carbocycles. The zero-order chi connectivity index (χ0) is 13.1. The SMILES string of the molecule is O=C(c1ccsc1)N1CCN(Cc2ncn[nH]2)CC1. The Morgan fingerprint density at radius 2 is 2.21 bits per heavy atom. The number of thiophene rings is 1. The van der Waals surface area contributed by atoms with Crippen molar-refractivity contribution in [3.05, 3.63) is 34.5 Å². The van der Waals surface area contributed by atoms with Crippen molar-refractivity contribution in [3.63, 3.8) is 0 Å². The van der Waals surface area contributed by atoms with Gasteiger partial charge in [-0.3, -0.25) is 14.8 Å². The van der Waals surface area contributed by atoms with Gasteiger partial charge in [0.2, 0.25) is 0 Å². The van der Waals surface area contributed by atoms with E-state index in [1.165, 1.54) is 6.33 Å². The molecule has 0 atom stereocenters. The fourth-order valence-electron chi connectivity index (χ4n) is 2.20. The van der Waals surface area contributed by atoms with Gasteiger partial charge >= 0.3 is 0 Å². The molecular weight excluding hydrogens is 262 g/mol. The third kappa shape index (κ3) is 2.82. The average Bonchev–Trinajstić information content (AvgIpc) is 3.12. The lowest BCUT2D eigenvalue weighted by Crippen LogP contribution is -2.48. The molecule has 7 heteroatoms. The number of carbonyl (C=O) groups excluding carboxylic acids is 1. The maximum Gasteiger partial charge on any atom is 0.254 e. The van der Waals surface area contributed by atoms with Gasteiger partial charge in [0.05, 0.1) is 12.1 Å². The first-order valence-electron chi connectivity index (χ1n) is 6.21. The number of H-pyrrole nitrogens is 1. The molecule has 1 N–H and O–H groups in total. The molecular formula is C12H15N5OS. The molecule has 100 valence electrons. The number of rotatable bonds is 3. The summed E-state index contributed by atoms with van der Waals surface area (Å²) in [7, 11) is 0. The molecule has 3 heterocycles. The number of nitrogens with zero attached hydrogens (tertiary/aromatic N) is 4. The molecule has 1 amide bonds. The van der Waals surface area contributed by atoms with Gasteiger partial charge in [-0.25, -0.2) is 4.98 Å². The number of piperazine rings is 1.